The summed E-state index contributed by atoms with van der Waals surface area (Å²) < 4.78 is 15.5. The summed E-state index contributed by atoms with van der Waals surface area (Å²) >= 11 is 0. The first kappa shape index (κ1) is 24.8. The molecule has 2 aromatic carbocycles. The lowest BCUT2D eigenvalue weighted by atomic mass is 10.2. The van der Waals surface area contributed by atoms with E-state index in [4.69, 9.17) is 14.2 Å². The number of carbonyl (C=O) groups is 3. The average Bonchev–Trinajstić information content (AvgIpc) is 2.87. The molecule has 2 aromatic rings. The first-order chi connectivity index (χ1) is 16.4. The minimum absolute atomic E-state index is 0.452. The van der Waals surface area contributed by atoms with Crippen LogP contribution in [-0.2, 0) is 23.9 Å². The van der Waals surface area contributed by atoms with Crippen molar-refractivity contribution < 1.29 is 28.6 Å². The summed E-state index contributed by atoms with van der Waals surface area (Å²) in [4.78, 5) is 38.5. The van der Waals surface area contributed by atoms with Crippen LogP contribution < -0.4 is 20.3 Å². The van der Waals surface area contributed by atoms with Crippen molar-refractivity contribution in [3.05, 3.63) is 60.2 Å². The number of ether oxygens (including phenoxy) is 3. The molecule has 2 amide bonds. The molecule has 1 fully saturated rings. The van der Waals surface area contributed by atoms with Crippen molar-refractivity contribution in [2.45, 2.75) is 13.0 Å². The first-order valence-electron chi connectivity index (χ1n) is 11.0. The van der Waals surface area contributed by atoms with E-state index in [-0.39, 0.29) is 0 Å². The number of amides is 2. The number of hydrogen-bond acceptors (Lipinski definition) is 7. The van der Waals surface area contributed by atoms with Gasteiger partial charge in [-0.2, -0.15) is 0 Å². The van der Waals surface area contributed by atoms with Gasteiger partial charge < -0.3 is 29.7 Å². The Morgan fingerprint density at radius 1 is 1.06 bits per heavy atom. The molecule has 9 heteroatoms. The Morgan fingerprint density at radius 3 is 2.38 bits per heavy atom. The van der Waals surface area contributed by atoms with E-state index in [2.05, 4.69) is 15.5 Å². The van der Waals surface area contributed by atoms with Gasteiger partial charge in [-0.05, 0) is 55.0 Å². The highest BCUT2D eigenvalue weighted by Crippen LogP contribution is 2.19. The van der Waals surface area contributed by atoms with Crippen LogP contribution >= 0.6 is 0 Å². The molecule has 0 aliphatic carbocycles. The van der Waals surface area contributed by atoms with Gasteiger partial charge >= 0.3 is 5.97 Å². The van der Waals surface area contributed by atoms with Gasteiger partial charge in [0.05, 0.1) is 20.3 Å². The number of nitrogens with zero attached hydrogens (tertiary/aromatic N) is 1. The standard InChI is InChI=1S/C25H29N3O6/c1-18(26-23(29)12-5-19-3-10-22(32-2)11-4-19)25(31)34-17-24(30)27-20-6-8-21(9-7-20)28-13-15-33-16-14-28/h3-12,18H,13-17H2,1-2H3,(H,26,29)(H,27,30)/b12-5+/t18-/m0/s1. The van der Waals surface area contributed by atoms with Gasteiger partial charge in [-0.15, -0.1) is 0 Å². The van der Waals surface area contributed by atoms with E-state index in [1.165, 1.54) is 13.0 Å². The Hall–Kier alpha value is -3.85. The van der Waals surface area contributed by atoms with Crippen LogP contribution in [0.2, 0.25) is 0 Å². The molecule has 1 atom stereocenters. The minimum atomic E-state index is -0.909. The van der Waals surface area contributed by atoms with E-state index in [9.17, 15) is 14.4 Å². The number of morpholine rings is 1. The lowest BCUT2D eigenvalue weighted by Crippen LogP contribution is -2.39. The van der Waals surface area contributed by atoms with Crippen LogP contribution in [0.4, 0.5) is 11.4 Å². The van der Waals surface area contributed by atoms with E-state index >= 15 is 0 Å². The number of rotatable bonds is 9. The molecule has 1 aliphatic heterocycles. The summed E-state index contributed by atoms with van der Waals surface area (Å²) in [6.07, 6.45) is 2.93. The van der Waals surface area contributed by atoms with Gasteiger partial charge in [0.2, 0.25) is 5.91 Å². The van der Waals surface area contributed by atoms with Crippen molar-refractivity contribution in [1.82, 2.24) is 5.32 Å². The summed E-state index contributed by atoms with van der Waals surface area (Å²) in [6, 6.07) is 13.7. The zero-order valence-electron chi connectivity index (χ0n) is 19.3. The normalized spacial score (nSPS) is 14.4. The van der Waals surface area contributed by atoms with Crippen molar-refractivity contribution in [1.29, 1.82) is 0 Å². The first-order valence-corrected chi connectivity index (χ1v) is 11.0. The number of methoxy groups -OCH3 is 1. The predicted molar refractivity (Wildman–Crippen MR) is 129 cm³/mol. The Kier molecular flexibility index (Phi) is 9.04. The number of nitrogens with one attached hydrogen (secondary N) is 2. The lowest BCUT2D eigenvalue weighted by Gasteiger charge is -2.28. The second-order valence-electron chi connectivity index (χ2n) is 7.64. The fourth-order valence-electron chi connectivity index (χ4n) is 3.24. The van der Waals surface area contributed by atoms with E-state index in [0.29, 0.717) is 24.7 Å². The molecule has 34 heavy (non-hydrogen) atoms. The molecule has 0 unspecified atom stereocenters. The fourth-order valence-corrected chi connectivity index (χ4v) is 3.24. The Balaban J connectivity index is 1.39. The number of esters is 1. The van der Waals surface area contributed by atoms with E-state index in [0.717, 1.165) is 24.3 Å². The van der Waals surface area contributed by atoms with Crippen LogP contribution in [0.5, 0.6) is 5.75 Å². The third kappa shape index (κ3) is 7.63. The highest BCUT2D eigenvalue weighted by Gasteiger charge is 2.17. The third-order valence-corrected chi connectivity index (χ3v) is 5.13. The average molecular weight is 468 g/mol. The Morgan fingerprint density at radius 2 is 1.74 bits per heavy atom. The van der Waals surface area contributed by atoms with Crippen molar-refractivity contribution in [3.8, 4) is 5.75 Å². The van der Waals surface area contributed by atoms with Gasteiger partial charge in [0.1, 0.15) is 11.8 Å². The van der Waals surface area contributed by atoms with Crippen LogP contribution in [0.3, 0.4) is 0 Å². The van der Waals surface area contributed by atoms with Crippen molar-refractivity contribution in [2.24, 2.45) is 0 Å². The molecule has 2 N–H and O–H groups in total. The highest BCUT2D eigenvalue weighted by atomic mass is 16.5. The second kappa shape index (κ2) is 12.4. The fraction of sp³-hybridized carbons (Fsp3) is 0.320. The van der Waals surface area contributed by atoms with Gasteiger partial charge in [-0.3, -0.25) is 9.59 Å². The maximum atomic E-state index is 12.1. The molecule has 180 valence electrons. The lowest BCUT2D eigenvalue weighted by molar-refractivity contribution is -0.149. The minimum Gasteiger partial charge on any atom is -0.497 e. The SMILES string of the molecule is COc1ccc(/C=C/C(=O)N[C@@H](C)C(=O)OCC(=O)Nc2ccc(N3CCOCC3)cc2)cc1. The second-order valence-corrected chi connectivity index (χ2v) is 7.64. The van der Waals surface area contributed by atoms with Crippen LogP contribution in [0.25, 0.3) is 6.08 Å². The van der Waals surface area contributed by atoms with Crippen molar-refractivity contribution in [2.75, 3.05) is 50.2 Å². The van der Waals surface area contributed by atoms with Crippen LogP contribution in [-0.4, -0.2) is 63.8 Å². The largest absolute Gasteiger partial charge is 0.497 e. The molecule has 1 aliphatic rings. The third-order valence-electron chi connectivity index (χ3n) is 5.13. The van der Waals surface area contributed by atoms with Gasteiger partial charge in [0.15, 0.2) is 6.61 Å². The number of carbonyl (C=O) groups excluding carboxylic acids is 3. The molecule has 1 saturated heterocycles. The van der Waals surface area contributed by atoms with Crippen LogP contribution in [0.15, 0.2) is 54.6 Å². The molecular weight excluding hydrogens is 438 g/mol. The number of anilines is 2. The van der Waals surface area contributed by atoms with Crippen molar-refractivity contribution >= 4 is 35.2 Å². The monoisotopic (exact) mass is 467 g/mol. The summed E-state index contributed by atoms with van der Waals surface area (Å²) in [7, 11) is 1.58. The molecule has 9 nitrogen and oxygen atoms in total. The van der Waals surface area contributed by atoms with Gasteiger partial charge in [0.25, 0.3) is 5.91 Å². The predicted octanol–water partition coefficient (Wildman–Crippen LogP) is 2.23. The van der Waals surface area contributed by atoms with Gasteiger partial charge in [-0.25, -0.2) is 4.79 Å². The van der Waals surface area contributed by atoms with Crippen LogP contribution in [0, 0.1) is 0 Å². The number of hydrogen-bond donors (Lipinski definition) is 2. The summed E-state index contributed by atoms with van der Waals surface area (Å²) in [6.45, 7) is 4.08. The zero-order chi connectivity index (χ0) is 24.3. The zero-order valence-corrected chi connectivity index (χ0v) is 19.3. The maximum Gasteiger partial charge on any atom is 0.328 e. The molecule has 0 spiro atoms. The molecule has 1 heterocycles. The molecule has 0 radical (unpaired) electrons. The van der Waals surface area contributed by atoms with Crippen molar-refractivity contribution in [3.63, 3.8) is 0 Å². The number of benzene rings is 2. The summed E-state index contributed by atoms with van der Waals surface area (Å²) in [5, 5.41) is 5.20. The molecule has 0 bridgehead atoms. The van der Waals surface area contributed by atoms with Gasteiger partial charge in [0, 0.05) is 30.5 Å². The summed E-state index contributed by atoms with van der Waals surface area (Å²) in [5.74, 6) is -0.911. The summed E-state index contributed by atoms with van der Waals surface area (Å²) in [5.41, 5.74) is 2.46. The van der Waals surface area contributed by atoms with E-state index < -0.39 is 30.4 Å². The topological polar surface area (TPSA) is 106 Å². The van der Waals surface area contributed by atoms with E-state index in [1.807, 2.05) is 12.1 Å². The molecule has 0 aromatic heterocycles. The Bertz CT molecular complexity index is 998. The van der Waals surface area contributed by atoms with Gasteiger partial charge in [-0.1, -0.05) is 12.1 Å². The quantitative estimate of drug-likeness (QED) is 0.430. The molecular formula is C25H29N3O6. The molecule has 0 saturated carbocycles. The smallest absolute Gasteiger partial charge is 0.328 e. The van der Waals surface area contributed by atoms with E-state index in [1.54, 1.807) is 49.6 Å². The highest BCUT2D eigenvalue weighted by molar-refractivity contribution is 5.96. The maximum absolute atomic E-state index is 12.1. The molecule has 3 rings (SSSR count). The van der Waals surface area contributed by atoms with Crippen LogP contribution in [0.1, 0.15) is 12.5 Å². The Labute approximate surface area is 198 Å².